The zero-order valence-corrected chi connectivity index (χ0v) is 26.0. The third-order valence-corrected chi connectivity index (χ3v) is 10.8. The van der Waals surface area contributed by atoms with Gasteiger partial charge < -0.3 is 33.0 Å². The van der Waals surface area contributed by atoms with Gasteiger partial charge in [0, 0.05) is 55.8 Å². The molecular formula is C30H41N3O8Si. The van der Waals surface area contributed by atoms with Crippen molar-refractivity contribution in [2.45, 2.75) is 58.2 Å². The van der Waals surface area contributed by atoms with Crippen molar-refractivity contribution in [1.29, 1.82) is 0 Å². The van der Waals surface area contributed by atoms with Crippen molar-refractivity contribution in [3.8, 4) is 5.75 Å². The summed E-state index contributed by atoms with van der Waals surface area (Å²) in [6.45, 7) is 12.4. The number of fused-ring (bicyclic) bond motifs is 2. The molecule has 1 atom stereocenters. The van der Waals surface area contributed by atoms with Crippen molar-refractivity contribution in [3.63, 3.8) is 0 Å². The number of non-ortho nitro benzene ring substituents is 1. The van der Waals surface area contributed by atoms with Gasteiger partial charge in [-0.15, -0.1) is 0 Å². The number of amides is 1. The Labute approximate surface area is 248 Å². The van der Waals surface area contributed by atoms with Gasteiger partial charge in [0.05, 0.1) is 16.9 Å². The van der Waals surface area contributed by atoms with Crippen LogP contribution in [0.3, 0.4) is 0 Å². The van der Waals surface area contributed by atoms with E-state index in [1.165, 1.54) is 12.1 Å². The first-order valence-electron chi connectivity index (χ1n) is 14.5. The highest BCUT2D eigenvalue weighted by molar-refractivity contribution is 6.60. The average molecular weight is 600 g/mol. The Morgan fingerprint density at radius 2 is 1.76 bits per heavy atom. The van der Waals surface area contributed by atoms with Crippen LogP contribution in [0.2, 0.25) is 6.04 Å². The van der Waals surface area contributed by atoms with Gasteiger partial charge in [-0.25, -0.2) is 4.79 Å². The highest BCUT2D eigenvalue weighted by Gasteiger charge is 2.58. The lowest BCUT2D eigenvalue weighted by molar-refractivity contribution is -0.384. The summed E-state index contributed by atoms with van der Waals surface area (Å²) >= 11 is 0. The fourth-order valence-corrected chi connectivity index (χ4v) is 8.38. The van der Waals surface area contributed by atoms with Crippen molar-refractivity contribution in [2.24, 2.45) is 0 Å². The summed E-state index contributed by atoms with van der Waals surface area (Å²) in [6, 6.07) is 13.3. The molecule has 0 aromatic heterocycles. The summed E-state index contributed by atoms with van der Waals surface area (Å²) in [7, 11) is -2.77. The van der Waals surface area contributed by atoms with Crippen LogP contribution in [-0.4, -0.2) is 65.1 Å². The quantitative estimate of drug-likeness (QED) is 0.127. The summed E-state index contributed by atoms with van der Waals surface area (Å²) in [4.78, 5) is 25.5. The molecule has 2 aromatic carbocycles. The molecule has 0 bridgehead atoms. The molecule has 0 fully saturated rings. The maximum Gasteiger partial charge on any atom is 0.500 e. The first-order chi connectivity index (χ1) is 20.1. The second kappa shape index (κ2) is 13.2. The van der Waals surface area contributed by atoms with E-state index < -0.39 is 31.0 Å². The van der Waals surface area contributed by atoms with Crippen LogP contribution in [0.5, 0.6) is 5.75 Å². The first kappa shape index (κ1) is 31.5. The summed E-state index contributed by atoms with van der Waals surface area (Å²) in [6.07, 6.45) is 3.94. The molecule has 42 heavy (non-hydrogen) atoms. The number of rotatable bonds is 14. The second-order valence-corrected chi connectivity index (χ2v) is 13.3. The number of para-hydroxylation sites is 1. The molecule has 2 aliphatic heterocycles. The lowest BCUT2D eigenvalue weighted by Crippen LogP contribution is -2.60. The SMILES string of the molecule is CCO[Si](CCCNC(=O)OCCN1c2ccccc2C(C)(C)C12C=Cc1cc([N+](=O)[O-])ccc1O2)(OCC)OCC. The van der Waals surface area contributed by atoms with E-state index in [4.69, 9.17) is 22.8 Å². The van der Waals surface area contributed by atoms with E-state index in [0.717, 1.165) is 11.3 Å². The normalized spacial score (nSPS) is 18.4. The van der Waals surface area contributed by atoms with Gasteiger partial charge in [-0.05, 0) is 70.9 Å². The first-order valence-corrected chi connectivity index (χ1v) is 16.4. The van der Waals surface area contributed by atoms with Gasteiger partial charge in [0.2, 0.25) is 5.72 Å². The molecule has 0 saturated heterocycles. The number of hydrogen-bond acceptors (Lipinski definition) is 9. The minimum atomic E-state index is -2.77. The zero-order chi connectivity index (χ0) is 30.4. The minimum absolute atomic E-state index is 0.00453. The Morgan fingerprint density at radius 3 is 2.43 bits per heavy atom. The number of nitrogens with zero attached hydrogens (tertiary/aromatic N) is 2. The molecule has 2 aromatic rings. The minimum Gasteiger partial charge on any atom is -0.463 e. The van der Waals surface area contributed by atoms with Crippen molar-refractivity contribution in [2.75, 3.05) is 44.4 Å². The summed E-state index contributed by atoms with van der Waals surface area (Å²) < 4.78 is 29.9. The Balaban J connectivity index is 1.41. The Kier molecular flexibility index (Phi) is 9.92. The second-order valence-electron chi connectivity index (χ2n) is 10.6. The predicted molar refractivity (Wildman–Crippen MR) is 162 cm³/mol. The molecule has 2 heterocycles. The van der Waals surface area contributed by atoms with E-state index in [1.807, 2.05) is 51.1 Å². The number of carbonyl (C=O) groups is 1. The lowest BCUT2D eigenvalue weighted by atomic mass is 9.76. The molecule has 1 spiro atoms. The van der Waals surface area contributed by atoms with E-state index >= 15 is 0 Å². The predicted octanol–water partition coefficient (Wildman–Crippen LogP) is 5.66. The van der Waals surface area contributed by atoms with E-state index in [0.29, 0.717) is 56.7 Å². The molecule has 4 rings (SSSR count). The monoisotopic (exact) mass is 599 g/mol. The van der Waals surface area contributed by atoms with Crippen molar-refractivity contribution in [3.05, 3.63) is 69.8 Å². The highest BCUT2D eigenvalue weighted by Crippen LogP contribution is 2.54. The molecule has 0 saturated carbocycles. The number of nitrogens with one attached hydrogen (secondary N) is 1. The molecule has 1 amide bonds. The van der Waals surface area contributed by atoms with Crippen LogP contribution >= 0.6 is 0 Å². The Morgan fingerprint density at radius 1 is 1.07 bits per heavy atom. The molecule has 12 heteroatoms. The number of carbonyl (C=O) groups excluding carboxylic acids is 1. The number of ether oxygens (including phenoxy) is 2. The van der Waals surface area contributed by atoms with E-state index in [2.05, 4.69) is 30.1 Å². The topological polar surface area (TPSA) is 122 Å². The van der Waals surface area contributed by atoms with Gasteiger partial charge in [0.15, 0.2) is 0 Å². The van der Waals surface area contributed by atoms with Crippen LogP contribution < -0.4 is 15.0 Å². The smallest absolute Gasteiger partial charge is 0.463 e. The summed E-state index contributed by atoms with van der Waals surface area (Å²) in [5.74, 6) is 0.554. The molecule has 0 aliphatic carbocycles. The van der Waals surface area contributed by atoms with Gasteiger partial charge in [-0.2, -0.15) is 0 Å². The van der Waals surface area contributed by atoms with Crippen LogP contribution in [-0.2, 0) is 23.4 Å². The van der Waals surface area contributed by atoms with Gasteiger partial charge >= 0.3 is 14.9 Å². The molecule has 2 aliphatic rings. The van der Waals surface area contributed by atoms with Crippen molar-refractivity contribution >= 4 is 32.3 Å². The van der Waals surface area contributed by atoms with Crippen LogP contribution in [0.25, 0.3) is 6.08 Å². The number of benzene rings is 2. The number of hydrogen-bond donors (Lipinski definition) is 1. The Hall–Kier alpha value is -3.45. The average Bonchev–Trinajstić information content (AvgIpc) is 3.14. The number of alkyl carbamates (subject to hydrolysis) is 1. The zero-order valence-electron chi connectivity index (χ0n) is 25.0. The summed E-state index contributed by atoms with van der Waals surface area (Å²) in [5, 5.41) is 14.1. The third kappa shape index (κ3) is 6.17. The maximum absolute atomic E-state index is 12.6. The largest absolute Gasteiger partial charge is 0.500 e. The standard InChI is InChI=1S/C30H41N3O8Si/c1-6-38-42(39-7-2,40-8-3)21-11-18-31-28(34)37-20-19-32-26-13-10-9-12-25(26)29(4,5)30(32)17-16-23-22-24(33(35)36)14-15-27(23)41-30/h9-10,12-17,22H,6-8,11,18-21H2,1-5H3,(H,31,34). The molecule has 1 unspecified atom stereocenters. The van der Waals surface area contributed by atoms with E-state index in [1.54, 1.807) is 6.07 Å². The van der Waals surface area contributed by atoms with Gasteiger partial charge in [-0.3, -0.25) is 10.1 Å². The molecule has 1 N–H and O–H groups in total. The fourth-order valence-electron chi connectivity index (χ4n) is 5.77. The van der Waals surface area contributed by atoms with E-state index in [-0.39, 0.29) is 12.3 Å². The van der Waals surface area contributed by atoms with Crippen LogP contribution in [0.15, 0.2) is 48.5 Å². The maximum atomic E-state index is 12.6. The van der Waals surface area contributed by atoms with Gasteiger partial charge in [-0.1, -0.05) is 18.2 Å². The lowest BCUT2D eigenvalue weighted by Gasteiger charge is -2.47. The molecule has 11 nitrogen and oxygen atoms in total. The van der Waals surface area contributed by atoms with Crippen LogP contribution in [0, 0.1) is 10.1 Å². The summed E-state index contributed by atoms with van der Waals surface area (Å²) in [5.41, 5.74) is 1.30. The number of nitro groups is 1. The van der Waals surface area contributed by atoms with Gasteiger partial charge in [0.25, 0.3) is 5.69 Å². The van der Waals surface area contributed by atoms with E-state index in [9.17, 15) is 14.9 Å². The fraction of sp³-hybridized carbons (Fsp3) is 0.500. The molecular weight excluding hydrogens is 558 g/mol. The van der Waals surface area contributed by atoms with Crippen LogP contribution in [0.1, 0.15) is 52.2 Å². The number of nitro benzene ring substituents is 1. The third-order valence-electron chi connectivity index (χ3n) is 7.69. The Bertz CT molecular complexity index is 1290. The number of anilines is 1. The van der Waals surface area contributed by atoms with Crippen molar-refractivity contribution in [1.82, 2.24) is 5.32 Å². The van der Waals surface area contributed by atoms with Gasteiger partial charge in [0.1, 0.15) is 12.4 Å². The highest BCUT2D eigenvalue weighted by atomic mass is 28.4. The van der Waals surface area contributed by atoms with Crippen LogP contribution in [0.4, 0.5) is 16.2 Å². The molecule has 228 valence electrons. The molecule has 0 radical (unpaired) electrons. The van der Waals surface area contributed by atoms with Crippen molar-refractivity contribution < 1.29 is 32.5 Å².